The van der Waals surface area contributed by atoms with Gasteiger partial charge in [-0.25, -0.2) is 4.98 Å². The summed E-state index contributed by atoms with van der Waals surface area (Å²) >= 11 is 0. The third-order valence-electron chi connectivity index (χ3n) is 4.58. The second kappa shape index (κ2) is 6.05. The molecule has 1 N–H and O–H groups in total. The van der Waals surface area contributed by atoms with E-state index in [0.717, 1.165) is 43.1 Å². The molecule has 0 bridgehead atoms. The zero-order valence-electron chi connectivity index (χ0n) is 13.3. The van der Waals surface area contributed by atoms with Gasteiger partial charge in [-0.3, -0.25) is 0 Å². The predicted molar refractivity (Wildman–Crippen MR) is 91.5 cm³/mol. The second-order valence-electron chi connectivity index (χ2n) is 6.04. The van der Waals surface area contributed by atoms with E-state index in [2.05, 4.69) is 53.3 Å². The molecule has 1 aliphatic rings. The minimum atomic E-state index is 0.313. The molecule has 118 valence electrons. The topological polar surface area (TPSA) is 39.1 Å². The normalized spacial score (nSPS) is 17.5. The summed E-state index contributed by atoms with van der Waals surface area (Å²) in [5.74, 6) is 2.07. The van der Waals surface area contributed by atoms with Crippen LogP contribution in [0.5, 0.6) is 5.75 Å². The number of aromatic nitrogens is 2. The number of rotatable bonds is 3. The number of fused-ring (bicyclic) bond motifs is 2. The van der Waals surface area contributed by atoms with Crippen molar-refractivity contribution in [3.05, 3.63) is 59.9 Å². The van der Waals surface area contributed by atoms with Crippen molar-refractivity contribution in [1.82, 2.24) is 14.9 Å². The zero-order valence-corrected chi connectivity index (χ0v) is 13.3. The van der Waals surface area contributed by atoms with Crippen molar-refractivity contribution in [3.63, 3.8) is 0 Å². The standard InChI is InChI=1S/C19H21N3O/c1-22-17-10-4-3-8-16(17)21-19(22)13-20-15-9-6-12-23-18-11-5-2-7-14(15)18/h2-5,7-8,10-11,15,20H,6,9,12-13H2,1H3. The van der Waals surface area contributed by atoms with Gasteiger partial charge in [0.05, 0.1) is 24.2 Å². The molecule has 0 spiro atoms. The molecule has 1 unspecified atom stereocenters. The smallest absolute Gasteiger partial charge is 0.124 e. The Morgan fingerprint density at radius 2 is 2.00 bits per heavy atom. The molecule has 0 saturated carbocycles. The molecule has 23 heavy (non-hydrogen) atoms. The number of imidazole rings is 1. The van der Waals surface area contributed by atoms with E-state index >= 15 is 0 Å². The van der Waals surface area contributed by atoms with E-state index in [0.29, 0.717) is 6.04 Å². The van der Waals surface area contributed by atoms with Gasteiger partial charge in [0.15, 0.2) is 0 Å². The van der Waals surface area contributed by atoms with Crippen LogP contribution in [-0.4, -0.2) is 16.2 Å². The lowest BCUT2D eigenvalue weighted by Crippen LogP contribution is -2.22. The number of nitrogens with one attached hydrogen (secondary N) is 1. The van der Waals surface area contributed by atoms with E-state index in [1.807, 2.05) is 12.1 Å². The zero-order chi connectivity index (χ0) is 15.6. The Balaban J connectivity index is 1.57. The number of aryl methyl sites for hydroxylation is 1. The number of ether oxygens (including phenoxy) is 1. The molecule has 1 atom stereocenters. The number of benzene rings is 2. The monoisotopic (exact) mass is 307 g/mol. The summed E-state index contributed by atoms with van der Waals surface area (Å²) in [6.45, 7) is 1.55. The Labute approximate surface area is 136 Å². The Hall–Kier alpha value is -2.33. The van der Waals surface area contributed by atoms with Crippen LogP contribution in [0.4, 0.5) is 0 Å². The lowest BCUT2D eigenvalue weighted by Gasteiger charge is -2.18. The van der Waals surface area contributed by atoms with Crippen molar-refractivity contribution in [1.29, 1.82) is 0 Å². The molecule has 0 saturated heterocycles. The molecule has 0 fully saturated rings. The van der Waals surface area contributed by atoms with E-state index in [4.69, 9.17) is 9.72 Å². The highest BCUT2D eigenvalue weighted by Gasteiger charge is 2.19. The summed E-state index contributed by atoms with van der Waals surface area (Å²) < 4.78 is 8.01. The molecular formula is C19H21N3O. The molecule has 4 rings (SSSR count). The molecule has 4 heteroatoms. The lowest BCUT2D eigenvalue weighted by molar-refractivity contribution is 0.315. The maximum Gasteiger partial charge on any atom is 0.124 e. The van der Waals surface area contributed by atoms with Crippen molar-refractivity contribution in [3.8, 4) is 5.75 Å². The van der Waals surface area contributed by atoms with Crippen molar-refractivity contribution in [2.45, 2.75) is 25.4 Å². The molecular weight excluding hydrogens is 286 g/mol. The first-order chi connectivity index (χ1) is 11.3. The van der Waals surface area contributed by atoms with Crippen molar-refractivity contribution in [2.75, 3.05) is 6.61 Å². The van der Waals surface area contributed by atoms with Crippen LogP contribution in [0.25, 0.3) is 11.0 Å². The number of nitrogens with zero attached hydrogens (tertiary/aromatic N) is 2. The number of hydrogen-bond acceptors (Lipinski definition) is 3. The Kier molecular flexibility index (Phi) is 3.75. The summed E-state index contributed by atoms with van der Waals surface area (Å²) in [6, 6.07) is 16.9. The van der Waals surface area contributed by atoms with Crippen LogP contribution in [0.1, 0.15) is 30.3 Å². The van der Waals surface area contributed by atoms with Gasteiger partial charge in [0.25, 0.3) is 0 Å². The van der Waals surface area contributed by atoms with Gasteiger partial charge in [-0.1, -0.05) is 30.3 Å². The van der Waals surface area contributed by atoms with Gasteiger partial charge in [-0.2, -0.15) is 0 Å². The maximum absolute atomic E-state index is 5.84. The third kappa shape index (κ3) is 2.70. The SMILES string of the molecule is Cn1c(CNC2CCCOc3ccccc32)nc2ccccc21. The molecule has 0 amide bonds. The van der Waals surface area contributed by atoms with E-state index in [9.17, 15) is 0 Å². The fourth-order valence-corrected chi connectivity index (χ4v) is 3.30. The Morgan fingerprint density at radius 1 is 1.17 bits per heavy atom. The highest BCUT2D eigenvalue weighted by Crippen LogP contribution is 2.31. The van der Waals surface area contributed by atoms with Gasteiger partial charge in [-0.15, -0.1) is 0 Å². The second-order valence-corrected chi connectivity index (χ2v) is 6.04. The summed E-state index contributed by atoms with van der Waals surface area (Å²) in [4.78, 5) is 4.75. The van der Waals surface area contributed by atoms with Crippen LogP contribution >= 0.6 is 0 Å². The minimum absolute atomic E-state index is 0.313. The van der Waals surface area contributed by atoms with Crippen LogP contribution in [0.2, 0.25) is 0 Å². The molecule has 4 nitrogen and oxygen atoms in total. The number of para-hydroxylation sites is 3. The lowest BCUT2D eigenvalue weighted by atomic mass is 10.0. The van der Waals surface area contributed by atoms with Crippen LogP contribution in [0.15, 0.2) is 48.5 Å². The molecule has 1 aromatic heterocycles. The maximum atomic E-state index is 5.84. The van der Waals surface area contributed by atoms with E-state index in [1.54, 1.807) is 0 Å². The minimum Gasteiger partial charge on any atom is -0.493 e. The van der Waals surface area contributed by atoms with Gasteiger partial charge in [0.2, 0.25) is 0 Å². The fourth-order valence-electron chi connectivity index (χ4n) is 3.30. The Morgan fingerprint density at radius 3 is 2.91 bits per heavy atom. The first-order valence-electron chi connectivity index (χ1n) is 8.18. The average Bonchev–Trinajstić information content (AvgIpc) is 2.78. The molecule has 0 radical (unpaired) electrons. The number of hydrogen-bond donors (Lipinski definition) is 1. The van der Waals surface area contributed by atoms with E-state index in [-0.39, 0.29) is 0 Å². The van der Waals surface area contributed by atoms with Crippen LogP contribution in [0.3, 0.4) is 0 Å². The van der Waals surface area contributed by atoms with Gasteiger partial charge in [-0.05, 0) is 31.0 Å². The predicted octanol–water partition coefficient (Wildman–Crippen LogP) is 3.58. The van der Waals surface area contributed by atoms with Gasteiger partial charge >= 0.3 is 0 Å². The molecule has 0 aliphatic carbocycles. The summed E-state index contributed by atoms with van der Waals surface area (Å²) in [7, 11) is 2.08. The van der Waals surface area contributed by atoms with Crippen LogP contribution < -0.4 is 10.1 Å². The first kappa shape index (κ1) is 14.3. The fraction of sp³-hybridized carbons (Fsp3) is 0.316. The van der Waals surface area contributed by atoms with E-state index in [1.165, 1.54) is 11.1 Å². The van der Waals surface area contributed by atoms with Gasteiger partial charge in [0.1, 0.15) is 11.6 Å². The Bertz CT molecular complexity index is 824. The van der Waals surface area contributed by atoms with Crippen LogP contribution in [-0.2, 0) is 13.6 Å². The molecule has 3 aromatic rings. The van der Waals surface area contributed by atoms with Crippen molar-refractivity contribution in [2.24, 2.45) is 7.05 Å². The third-order valence-corrected chi connectivity index (χ3v) is 4.58. The van der Waals surface area contributed by atoms with Crippen molar-refractivity contribution < 1.29 is 4.74 Å². The molecule has 2 heterocycles. The highest BCUT2D eigenvalue weighted by molar-refractivity contribution is 5.75. The van der Waals surface area contributed by atoms with Crippen LogP contribution in [0, 0.1) is 0 Å². The highest BCUT2D eigenvalue weighted by atomic mass is 16.5. The average molecular weight is 307 g/mol. The summed E-state index contributed by atoms with van der Waals surface area (Å²) in [5.41, 5.74) is 3.48. The first-order valence-corrected chi connectivity index (χ1v) is 8.18. The van der Waals surface area contributed by atoms with E-state index < -0.39 is 0 Å². The largest absolute Gasteiger partial charge is 0.493 e. The van der Waals surface area contributed by atoms with Gasteiger partial charge in [0, 0.05) is 18.7 Å². The van der Waals surface area contributed by atoms with Crippen molar-refractivity contribution >= 4 is 11.0 Å². The quantitative estimate of drug-likeness (QED) is 0.804. The molecule has 1 aliphatic heterocycles. The summed E-state index contributed by atoms with van der Waals surface area (Å²) in [5, 5.41) is 3.67. The van der Waals surface area contributed by atoms with Gasteiger partial charge < -0.3 is 14.6 Å². The summed E-state index contributed by atoms with van der Waals surface area (Å²) in [6.07, 6.45) is 2.15. The molecule has 2 aromatic carbocycles.